The number of unbranched alkanes of at least 4 members (excludes halogenated alkanes) is 4. The van der Waals surface area contributed by atoms with Crippen molar-refractivity contribution in [2.45, 2.75) is 45.4 Å². The van der Waals surface area contributed by atoms with E-state index in [1.165, 1.54) is 18.6 Å². The molecule has 0 unspecified atom stereocenters. The zero-order valence-corrected chi connectivity index (χ0v) is 13.0. The van der Waals surface area contributed by atoms with Gasteiger partial charge in [-0.2, -0.15) is 0 Å². The predicted molar refractivity (Wildman–Crippen MR) is 80.9 cm³/mol. The Morgan fingerprint density at radius 1 is 1.20 bits per heavy atom. The Labute approximate surface area is 129 Å². The van der Waals surface area contributed by atoms with E-state index < -0.39 is 0 Å². The molecule has 0 N–H and O–H groups in total. The minimum Gasteiger partial charge on any atom is -0.424 e. The van der Waals surface area contributed by atoms with Crippen molar-refractivity contribution in [1.29, 1.82) is 0 Å². The maximum absolute atomic E-state index is 11.7. The number of benzene rings is 1. The second-order valence-corrected chi connectivity index (χ2v) is 5.41. The Bertz CT molecular complexity index is 472. The summed E-state index contributed by atoms with van der Waals surface area (Å²) in [6.07, 6.45) is 6.12. The molecule has 1 aromatic rings. The summed E-state index contributed by atoms with van der Waals surface area (Å²) in [4.78, 5) is 22.7. The molecule has 0 aliphatic carbocycles. The van der Waals surface area contributed by atoms with E-state index in [1.54, 1.807) is 0 Å². The molecule has 0 aliphatic heterocycles. The van der Waals surface area contributed by atoms with Crippen LogP contribution in [0.3, 0.4) is 0 Å². The van der Waals surface area contributed by atoms with Crippen molar-refractivity contribution in [3.05, 3.63) is 27.7 Å². The van der Waals surface area contributed by atoms with Crippen LogP contribution in [-0.2, 0) is 4.79 Å². The van der Waals surface area contributed by atoms with Gasteiger partial charge in [0.1, 0.15) is 0 Å². The van der Waals surface area contributed by atoms with Gasteiger partial charge in [0, 0.05) is 11.4 Å². The second kappa shape index (κ2) is 8.98. The Balaban J connectivity index is 2.55. The van der Waals surface area contributed by atoms with Crippen LogP contribution in [0, 0.1) is 0 Å². The topological polar surface area (TPSA) is 43.4 Å². The van der Waals surface area contributed by atoms with Gasteiger partial charge in [0.15, 0.2) is 12.0 Å². The van der Waals surface area contributed by atoms with Crippen molar-refractivity contribution in [1.82, 2.24) is 0 Å². The minimum absolute atomic E-state index is 0.0876. The minimum atomic E-state index is -0.381. The average molecular weight is 317 g/mol. The van der Waals surface area contributed by atoms with E-state index in [0.717, 1.165) is 25.7 Å². The number of aldehydes is 1. The van der Waals surface area contributed by atoms with Gasteiger partial charge in [-0.15, -0.1) is 0 Å². The van der Waals surface area contributed by atoms with E-state index in [2.05, 4.69) is 6.92 Å². The van der Waals surface area contributed by atoms with Gasteiger partial charge in [-0.25, -0.2) is 0 Å². The summed E-state index contributed by atoms with van der Waals surface area (Å²) >= 11 is 11.7. The molecule has 1 rings (SSSR count). The Hall–Kier alpha value is -1.06. The van der Waals surface area contributed by atoms with Gasteiger partial charge >= 0.3 is 5.97 Å². The summed E-state index contributed by atoms with van der Waals surface area (Å²) in [5, 5.41) is 0.496. The molecule has 20 heavy (non-hydrogen) atoms. The molecule has 0 bridgehead atoms. The first-order valence-electron chi connectivity index (χ1n) is 6.73. The summed E-state index contributed by atoms with van der Waals surface area (Å²) in [6.45, 7) is 2.14. The zero-order valence-electron chi connectivity index (χ0n) is 11.5. The molecular weight excluding hydrogens is 299 g/mol. The van der Waals surface area contributed by atoms with Crippen LogP contribution in [0.15, 0.2) is 12.1 Å². The van der Waals surface area contributed by atoms with Crippen LogP contribution in [0.5, 0.6) is 5.75 Å². The molecule has 0 fully saturated rings. The molecule has 3 nitrogen and oxygen atoms in total. The number of carbonyl (C=O) groups excluding carboxylic acids is 2. The molecule has 1 aromatic carbocycles. The predicted octanol–water partition coefficient (Wildman–Crippen LogP) is 5.07. The standard InChI is InChI=1S/C15H18Cl2O3/c1-2-3-4-5-6-7-14(19)20-15-11(10-18)8-12(16)9-13(15)17/h8-10H,2-7H2,1H3. The van der Waals surface area contributed by atoms with Gasteiger partial charge in [-0.1, -0.05) is 55.8 Å². The molecule has 5 heteroatoms. The van der Waals surface area contributed by atoms with Gasteiger partial charge in [-0.3, -0.25) is 9.59 Å². The van der Waals surface area contributed by atoms with Gasteiger partial charge in [0.25, 0.3) is 0 Å². The van der Waals surface area contributed by atoms with Crippen molar-refractivity contribution in [3.8, 4) is 5.75 Å². The van der Waals surface area contributed by atoms with Crippen molar-refractivity contribution < 1.29 is 14.3 Å². The normalized spacial score (nSPS) is 10.3. The first-order valence-corrected chi connectivity index (χ1v) is 7.49. The van der Waals surface area contributed by atoms with Crippen molar-refractivity contribution in [3.63, 3.8) is 0 Å². The van der Waals surface area contributed by atoms with Crippen molar-refractivity contribution in [2.24, 2.45) is 0 Å². The van der Waals surface area contributed by atoms with E-state index >= 15 is 0 Å². The lowest BCUT2D eigenvalue weighted by molar-refractivity contribution is -0.134. The third-order valence-corrected chi connectivity index (χ3v) is 3.36. The molecule has 0 spiro atoms. The lowest BCUT2D eigenvalue weighted by atomic mass is 10.1. The van der Waals surface area contributed by atoms with Crippen LogP contribution in [0.2, 0.25) is 10.0 Å². The lowest BCUT2D eigenvalue weighted by Gasteiger charge is -2.09. The van der Waals surface area contributed by atoms with Gasteiger partial charge in [-0.05, 0) is 18.6 Å². The van der Waals surface area contributed by atoms with Crippen molar-refractivity contribution >= 4 is 35.5 Å². The van der Waals surface area contributed by atoms with Crippen LogP contribution >= 0.6 is 23.2 Å². The Morgan fingerprint density at radius 2 is 1.90 bits per heavy atom. The largest absolute Gasteiger partial charge is 0.424 e. The SMILES string of the molecule is CCCCCCCC(=O)Oc1c(Cl)cc(Cl)cc1C=O. The summed E-state index contributed by atoms with van der Waals surface area (Å²) < 4.78 is 5.17. The van der Waals surface area contributed by atoms with Crippen LogP contribution < -0.4 is 4.74 Å². The highest BCUT2D eigenvalue weighted by molar-refractivity contribution is 6.36. The summed E-state index contributed by atoms with van der Waals surface area (Å²) in [5.41, 5.74) is 0.182. The third kappa shape index (κ3) is 5.51. The number of hydrogen-bond acceptors (Lipinski definition) is 3. The number of esters is 1. The molecule has 0 aliphatic rings. The average Bonchev–Trinajstić information content (AvgIpc) is 2.41. The lowest BCUT2D eigenvalue weighted by Crippen LogP contribution is -2.09. The molecule has 0 aromatic heterocycles. The zero-order chi connectivity index (χ0) is 15.0. The number of rotatable bonds is 8. The fraction of sp³-hybridized carbons (Fsp3) is 0.467. The number of carbonyl (C=O) groups is 2. The molecule has 0 radical (unpaired) electrons. The number of halogens is 2. The quantitative estimate of drug-likeness (QED) is 0.291. The van der Waals surface area contributed by atoms with Gasteiger partial charge in [0.05, 0.1) is 10.6 Å². The van der Waals surface area contributed by atoms with E-state index in [0.29, 0.717) is 17.7 Å². The van der Waals surface area contributed by atoms with Crippen LogP contribution in [-0.4, -0.2) is 12.3 Å². The maximum atomic E-state index is 11.7. The fourth-order valence-corrected chi connectivity index (χ4v) is 2.36. The molecule has 0 heterocycles. The second-order valence-electron chi connectivity index (χ2n) is 4.56. The molecular formula is C15H18Cl2O3. The monoisotopic (exact) mass is 316 g/mol. The summed E-state index contributed by atoms with van der Waals surface area (Å²) in [7, 11) is 0. The van der Waals surface area contributed by atoms with Crippen molar-refractivity contribution in [2.75, 3.05) is 0 Å². The first kappa shape index (κ1) is 17.0. The van der Waals surface area contributed by atoms with E-state index in [4.69, 9.17) is 27.9 Å². The van der Waals surface area contributed by atoms with E-state index in [1.807, 2.05) is 0 Å². The van der Waals surface area contributed by atoms with Gasteiger partial charge < -0.3 is 4.74 Å². The first-order chi connectivity index (χ1) is 9.58. The Kier molecular flexibility index (Phi) is 7.63. The Morgan fingerprint density at radius 3 is 2.55 bits per heavy atom. The highest BCUT2D eigenvalue weighted by atomic mass is 35.5. The molecule has 110 valence electrons. The maximum Gasteiger partial charge on any atom is 0.311 e. The van der Waals surface area contributed by atoms with Crippen LogP contribution in [0.1, 0.15) is 55.8 Å². The number of ether oxygens (including phenoxy) is 1. The summed E-state index contributed by atoms with van der Waals surface area (Å²) in [6, 6.07) is 2.87. The van der Waals surface area contributed by atoms with E-state index in [9.17, 15) is 9.59 Å². The smallest absolute Gasteiger partial charge is 0.311 e. The van der Waals surface area contributed by atoms with Crippen LogP contribution in [0.4, 0.5) is 0 Å². The molecule has 0 atom stereocenters. The van der Waals surface area contributed by atoms with E-state index in [-0.39, 0.29) is 22.3 Å². The number of hydrogen-bond donors (Lipinski definition) is 0. The molecule has 0 saturated carbocycles. The highest BCUT2D eigenvalue weighted by Gasteiger charge is 2.14. The molecule has 0 saturated heterocycles. The highest BCUT2D eigenvalue weighted by Crippen LogP contribution is 2.31. The van der Waals surface area contributed by atoms with Gasteiger partial charge in [0.2, 0.25) is 0 Å². The molecule has 0 amide bonds. The summed E-state index contributed by atoms with van der Waals surface area (Å²) in [5.74, 6) is -0.293. The fourth-order valence-electron chi connectivity index (χ4n) is 1.81. The third-order valence-electron chi connectivity index (χ3n) is 2.86. The van der Waals surface area contributed by atoms with Crippen LogP contribution in [0.25, 0.3) is 0 Å².